The van der Waals surface area contributed by atoms with Crippen LogP contribution in [0.4, 0.5) is 18.9 Å². The number of para-hydroxylation sites is 1. The van der Waals surface area contributed by atoms with Crippen molar-refractivity contribution in [1.29, 1.82) is 0 Å². The van der Waals surface area contributed by atoms with E-state index in [9.17, 15) is 23.1 Å². The van der Waals surface area contributed by atoms with Gasteiger partial charge in [-0.3, -0.25) is 4.79 Å². The molecule has 0 radical (unpaired) electrons. The Kier molecular flexibility index (Phi) is 4.21. The lowest BCUT2D eigenvalue weighted by Crippen LogP contribution is -2.27. The zero-order valence-corrected chi connectivity index (χ0v) is 11.3. The van der Waals surface area contributed by atoms with Gasteiger partial charge in [0, 0.05) is 0 Å². The molecule has 20 heavy (non-hydrogen) atoms. The minimum atomic E-state index is -4.88. The summed E-state index contributed by atoms with van der Waals surface area (Å²) in [7, 11) is 0. The molecule has 0 saturated carbocycles. The van der Waals surface area contributed by atoms with E-state index in [1.165, 1.54) is 12.1 Å². The van der Waals surface area contributed by atoms with Gasteiger partial charge in [-0.05, 0) is 17.0 Å². The van der Waals surface area contributed by atoms with E-state index in [1.54, 1.807) is 20.8 Å². The number of carboxylic acid groups (broad SMARTS) is 1. The Morgan fingerprint density at radius 2 is 1.85 bits per heavy atom. The molecule has 0 spiro atoms. The number of rotatable bonds is 3. The number of hydrogen-bond acceptors (Lipinski definition) is 3. The monoisotopic (exact) mass is 291 g/mol. The van der Waals surface area contributed by atoms with E-state index in [0.29, 0.717) is 0 Å². The smallest absolute Gasteiger partial charge is 0.481 e. The molecule has 3 N–H and O–H groups in total. The quantitative estimate of drug-likeness (QED) is 0.837. The summed E-state index contributed by atoms with van der Waals surface area (Å²) in [5.41, 5.74) is 4.72. The molecule has 0 bridgehead atoms. The van der Waals surface area contributed by atoms with Crippen molar-refractivity contribution in [2.45, 2.75) is 33.1 Å². The maximum Gasteiger partial charge on any atom is 0.573 e. The van der Waals surface area contributed by atoms with Crippen molar-refractivity contribution in [1.82, 2.24) is 0 Å². The lowest BCUT2D eigenvalue weighted by atomic mass is 9.76. The van der Waals surface area contributed by atoms with Crippen LogP contribution in [-0.2, 0) is 4.79 Å². The molecule has 7 heteroatoms. The molecule has 1 unspecified atom stereocenters. The largest absolute Gasteiger partial charge is 0.573 e. The summed E-state index contributed by atoms with van der Waals surface area (Å²) in [6.07, 6.45) is -4.88. The maximum atomic E-state index is 12.3. The second kappa shape index (κ2) is 5.22. The Hall–Kier alpha value is -1.92. The molecule has 1 rings (SSSR count). The van der Waals surface area contributed by atoms with Crippen LogP contribution in [0.2, 0.25) is 0 Å². The number of hydrogen-bond donors (Lipinski definition) is 2. The van der Waals surface area contributed by atoms with Crippen LogP contribution >= 0.6 is 0 Å². The van der Waals surface area contributed by atoms with E-state index >= 15 is 0 Å². The minimum Gasteiger partial charge on any atom is -0.481 e. The van der Waals surface area contributed by atoms with Gasteiger partial charge in [-0.15, -0.1) is 13.2 Å². The van der Waals surface area contributed by atoms with Crippen molar-refractivity contribution in [2.75, 3.05) is 5.73 Å². The van der Waals surface area contributed by atoms with Crippen LogP contribution in [0, 0.1) is 5.41 Å². The number of carbonyl (C=O) groups is 1. The summed E-state index contributed by atoms with van der Waals surface area (Å²) >= 11 is 0. The standard InChI is InChI=1S/C13H16F3NO3/c1-12(2,3)9(11(18)19)7-5-4-6-8(10(7)17)20-13(14,15)16/h4-6,9H,17H2,1-3H3,(H,18,19). The summed E-state index contributed by atoms with van der Waals surface area (Å²) in [4.78, 5) is 11.4. The predicted molar refractivity (Wildman–Crippen MR) is 67.4 cm³/mol. The number of benzene rings is 1. The van der Waals surface area contributed by atoms with Crippen molar-refractivity contribution in [3.05, 3.63) is 23.8 Å². The second-order valence-electron chi connectivity index (χ2n) is 5.44. The van der Waals surface area contributed by atoms with Crippen molar-refractivity contribution in [3.8, 4) is 5.75 Å². The third kappa shape index (κ3) is 3.79. The van der Waals surface area contributed by atoms with Crippen LogP contribution in [0.5, 0.6) is 5.75 Å². The predicted octanol–water partition coefficient (Wildman–Crippen LogP) is 3.38. The third-order valence-corrected chi connectivity index (χ3v) is 2.75. The highest BCUT2D eigenvalue weighted by molar-refractivity contribution is 5.80. The first-order valence-electron chi connectivity index (χ1n) is 5.80. The van der Waals surface area contributed by atoms with E-state index in [1.807, 2.05) is 0 Å². The van der Waals surface area contributed by atoms with Crippen LogP contribution < -0.4 is 10.5 Å². The van der Waals surface area contributed by atoms with Crippen LogP contribution in [0.3, 0.4) is 0 Å². The minimum absolute atomic E-state index is 0.103. The summed E-state index contributed by atoms with van der Waals surface area (Å²) in [6, 6.07) is 3.73. The molecular formula is C13H16F3NO3. The molecule has 0 aliphatic heterocycles. The molecule has 0 aromatic heterocycles. The first-order valence-corrected chi connectivity index (χ1v) is 5.80. The van der Waals surface area contributed by atoms with Crippen molar-refractivity contribution < 1.29 is 27.8 Å². The van der Waals surface area contributed by atoms with Gasteiger partial charge in [0.1, 0.15) is 0 Å². The lowest BCUT2D eigenvalue weighted by Gasteiger charge is -2.28. The number of nitrogen functional groups attached to an aromatic ring is 1. The first kappa shape index (κ1) is 16.1. The summed E-state index contributed by atoms with van der Waals surface area (Å²) < 4.78 is 40.6. The van der Waals surface area contributed by atoms with Crippen molar-refractivity contribution >= 4 is 11.7 Å². The molecule has 1 atom stereocenters. The number of carboxylic acids is 1. The zero-order valence-electron chi connectivity index (χ0n) is 11.3. The van der Waals surface area contributed by atoms with Gasteiger partial charge in [-0.1, -0.05) is 32.9 Å². The molecule has 0 amide bonds. The Morgan fingerprint density at radius 3 is 2.25 bits per heavy atom. The average molecular weight is 291 g/mol. The molecule has 1 aromatic carbocycles. The van der Waals surface area contributed by atoms with Gasteiger partial charge in [0.15, 0.2) is 5.75 Å². The summed E-state index contributed by atoms with van der Waals surface area (Å²) in [6.45, 7) is 5.01. The van der Waals surface area contributed by atoms with E-state index in [-0.39, 0.29) is 11.3 Å². The molecule has 0 heterocycles. The molecule has 0 aliphatic carbocycles. The van der Waals surface area contributed by atoms with Crippen LogP contribution in [0.1, 0.15) is 32.3 Å². The molecule has 1 aromatic rings. The highest BCUT2D eigenvalue weighted by atomic mass is 19.4. The van der Waals surface area contributed by atoms with Crippen molar-refractivity contribution in [2.24, 2.45) is 5.41 Å². The van der Waals surface area contributed by atoms with Crippen LogP contribution in [-0.4, -0.2) is 17.4 Å². The molecule has 112 valence electrons. The molecule has 0 saturated heterocycles. The summed E-state index contributed by atoms with van der Waals surface area (Å²) in [5.74, 6) is -2.79. The fraction of sp³-hybridized carbons (Fsp3) is 0.462. The van der Waals surface area contributed by atoms with Crippen LogP contribution in [0.15, 0.2) is 18.2 Å². The number of nitrogens with two attached hydrogens (primary N) is 1. The highest BCUT2D eigenvalue weighted by Gasteiger charge is 2.37. The van der Waals surface area contributed by atoms with Gasteiger partial charge >= 0.3 is 12.3 Å². The maximum absolute atomic E-state index is 12.3. The van der Waals surface area contributed by atoms with E-state index in [0.717, 1.165) is 6.07 Å². The van der Waals surface area contributed by atoms with Gasteiger partial charge in [0.25, 0.3) is 0 Å². The topological polar surface area (TPSA) is 72.5 Å². The van der Waals surface area contributed by atoms with Gasteiger partial charge < -0.3 is 15.6 Å². The van der Waals surface area contributed by atoms with Crippen LogP contribution in [0.25, 0.3) is 0 Å². The highest BCUT2D eigenvalue weighted by Crippen LogP contribution is 2.41. The molecule has 0 fully saturated rings. The summed E-state index contributed by atoms with van der Waals surface area (Å²) in [5, 5.41) is 9.29. The zero-order chi connectivity index (χ0) is 15.7. The number of ether oxygens (including phenoxy) is 1. The SMILES string of the molecule is CC(C)(C)C(C(=O)O)c1cccc(OC(F)(F)F)c1N. The van der Waals surface area contributed by atoms with Gasteiger partial charge in [0.05, 0.1) is 11.6 Å². The van der Waals surface area contributed by atoms with Gasteiger partial charge in [0.2, 0.25) is 0 Å². The average Bonchev–Trinajstić information content (AvgIpc) is 2.19. The molecular weight excluding hydrogens is 275 g/mol. The first-order chi connectivity index (χ1) is 8.93. The fourth-order valence-electron chi connectivity index (χ4n) is 2.00. The van der Waals surface area contributed by atoms with E-state index < -0.39 is 29.4 Å². The van der Waals surface area contributed by atoms with E-state index in [2.05, 4.69) is 4.74 Å². The second-order valence-corrected chi connectivity index (χ2v) is 5.44. The Labute approximate surface area is 114 Å². The van der Waals surface area contributed by atoms with Gasteiger partial charge in [-0.25, -0.2) is 0 Å². The normalized spacial score (nSPS) is 13.9. The number of halogens is 3. The fourth-order valence-corrected chi connectivity index (χ4v) is 2.00. The molecule has 4 nitrogen and oxygen atoms in total. The number of aliphatic carboxylic acids is 1. The van der Waals surface area contributed by atoms with Gasteiger partial charge in [-0.2, -0.15) is 0 Å². The van der Waals surface area contributed by atoms with E-state index in [4.69, 9.17) is 5.73 Å². The lowest BCUT2D eigenvalue weighted by molar-refractivity contribution is -0.274. The Bertz CT molecular complexity index is 507. The van der Waals surface area contributed by atoms with Crippen molar-refractivity contribution in [3.63, 3.8) is 0 Å². The molecule has 0 aliphatic rings. The number of alkyl halides is 3. The Morgan fingerprint density at radius 1 is 1.30 bits per heavy atom. The Balaban J connectivity index is 3.32. The third-order valence-electron chi connectivity index (χ3n) is 2.75. The number of anilines is 1.